The molecule has 1 rings (SSSR count). The fraction of sp³-hybridized carbons (Fsp3) is 1.00. The fourth-order valence-electron chi connectivity index (χ4n) is 3.89. The first-order valence-electron chi connectivity index (χ1n) is 9.81. The highest BCUT2D eigenvalue weighted by Gasteiger charge is 2.83. The van der Waals surface area contributed by atoms with E-state index in [-0.39, 0.29) is 0 Å². The summed E-state index contributed by atoms with van der Waals surface area (Å²) in [5.41, 5.74) is 0. The Morgan fingerprint density at radius 1 is 0.731 bits per heavy atom. The van der Waals surface area contributed by atoms with Crippen LogP contribution in [-0.4, -0.2) is 69.2 Å². The zero-order valence-electron chi connectivity index (χ0n) is 17.8. The SMILES string of the molecule is CCOC1(C)C[Si](C)(OCC)[Si](OCC)(OCC)[Si](OCC)(OCC)O1. The van der Waals surface area contributed by atoms with E-state index in [4.69, 9.17) is 31.3 Å². The molecule has 2 atom stereocenters. The average molecular weight is 427 g/mol. The molecule has 26 heavy (non-hydrogen) atoms. The van der Waals surface area contributed by atoms with Crippen LogP contribution in [-0.2, 0) is 31.3 Å². The minimum absolute atomic E-state index is 0.458. The maximum atomic E-state index is 6.58. The molecule has 0 radical (unpaired) electrons. The number of hydrogen-bond donors (Lipinski definition) is 0. The predicted octanol–water partition coefficient (Wildman–Crippen LogP) is 3.07. The van der Waals surface area contributed by atoms with Crippen molar-refractivity contribution in [3.05, 3.63) is 0 Å². The summed E-state index contributed by atoms with van der Waals surface area (Å²) in [7, 11) is -9.02. The maximum Gasteiger partial charge on any atom is 0.540 e. The molecule has 1 aliphatic heterocycles. The van der Waals surface area contributed by atoms with E-state index in [1.165, 1.54) is 0 Å². The number of rotatable bonds is 12. The summed E-state index contributed by atoms with van der Waals surface area (Å²) in [6.45, 7) is 19.0. The van der Waals surface area contributed by atoms with E-state index >= 15 is 0 Å². The molecule has 0 spiro atoms. The van der Waals surface area contributed by atoms with Gasteiger partial charge in [0, 0.05) is 45.7 Å². The lowest BCUT2D eigenvalue weighted by Gasteiger charge is -2.56. The lowest BCUT2D eigenvalue weighted by atomic mass is 10.4. The van der Waals surface area contributed by atoms with Crippen molar-refractivity contribution in [3.8, 4) is 0 Å². The van der Waals surface area contributed by atoms with Crippen LogP contribution in [0.3, 0.4) is 0 Å². The highest BCUT2D eigenvalue weighted by Crippen LogP contribution is 2.47. The second-order valence-electron chi connectivity index (χ2n) is 6.41. The predicted molar refractivity (Wildman–Crippen MR) is 107 cm³/mol. The Balaban J connectivity index is 3.65. The van der Waals surface area contributed by atoms with Gasteiger partial charge in [-0.05, 0) is 55.0 Å². The van der Waals surface area contributed by atoms with Crippen LogP contribution in [0.2, 0.25) is 12.6 Å². The smallest absolute Gasteiger partial charge is 0.414 e. The van der Waals surface area contributed by atoms with Crippen molar-refractivity contribution in [1.82, 2.24) is 0 Å². The van der Waals surface area contributed by atoms with E-state index < -0.39 is 29.5 Å². The van der Waals surface area contributed by atoms with Gasteiger partial charge >= 0.3 is 15.9 Å². The molecule has 0 amide bonds. The molecule has 156 valence electrons. The standard InChI is InChI=1S/C16H38O7Si3/c1-9-17-16(7)15-24(8,18-10-2)26(21-13-5,22-14-6)25(23-16,19-11-3)20-12-4/h9-15H2,1-8H3. The van der Waals surface area contributed by atoms with Gasteiger partial charge in [-0.2, -0.15) is 0 Å². The topological polar surface area (TPSA) is 64.6 Å². The summed E-state index contributed by atoms with van der Waals surface area (Å²) in [5.74, 6) is -0.827. The summed E-state index contributed by atoms with van der Waals surface area (Å²) >= 11 is 0. The van der Waals surface area contributed by atoms with E-state index in [1.807, 2.05) is 48.5 Å². The van der Waals surface area contributed by atoms with Crippen molar-refractivity contribution < 1.29 is 31.3 Å². The van der Waals surface area contributed by atoms with Crippen LogP contribution >= 0.6 is 0 Å². The first-order chi connectivity index (χ1) is 12.3. The molecular formula is C16H38O7Si3. The van der Waals surface area contributed by atoms with Crippen LogP contribution in [0.25, 0.3) is 0 Å². The molecule has 7 nitrogen and oxygen atoms in total. The first-order valence-corrected chi connectivity index (χ1v) is 18.0. The van der Waals surface area contributed by atoms with E-state index in [2.05, 4.69) is 6.55 Å². The largest absolute Gasteiger partial charge is 0.540 e. The summed E-state index contributed by atoms with van der Waals surface area (Å²) < 4.78 is 44.6. The molecule has 2 unspecified atom stereocenters. The number of ether oxygens (including phenoxy) is 1. The van der Waals surface area contributed by atoms with Gasteiger partial charge in [-0.15, -0.1) is 0 Å². The zero-order chi connectivity index (χ0) is 19.9. The third-order valence-electron chi connectivity index (χ3n) is 4.38. The van der Waals surface area contributed by atoms with Gasteiger partial charge < -0.3 is 31.3 Å². The molecule has 1 aliphatic rings. The Morgan fingerprint density at radius 3 is 1.58 bits per heavy atom. The van der Waals surface area contributed by atoms with Gasteiger partial charge in [0.2, 0.25) is 0 Å². The molecule has 1 heterocycles. The molecule has 1 fully saturated rings. The molecule has 0 aliphatic carbocycles. The molecule has 0 N–H and O–H groups in total. The lowest BCUT2D eigenvalue weighted by Crippen LogP contribution is -2.89. The van der Waals surface area contributed by atoms with Crippen LogP contribution in [0.5, 0.6) is 0 Å². The molecule has 1 saturated heterocycles. The average Bonchev–Trinajstić information content (AvgIpc) is 2.53. The maximum absolute atomic E-state index is 6.58. The summed E-state index contributed by atoms with van der Waals surface area (Å²) in [6.07, 6.45) is 0. The highest BCUT2D eigenvalue weighted by atomic mass is 29.7. The summed E-state index contributed by atoms with van der Waals surface area (Å²) in [5, 5.41) is 0. The summed E-state index contributed by atoms with van der Waals surface area (Å²) in [4.78, 5) is 0. The Labute approximate surface area is 161 Å². The van der Waals surface area contributed by atoms with Crippen LogP contribution in [0.4, 0.5) is 0 Å². The van der Waals surface area contributed by atoms with Crippen LogP contribution < -0.4 is 0 Å². The van der Waals surface area contributed by atoms with Gasteiger partial charge in [-0.1, -0.05) is 0 Å². The van der Waals surface area contributed by atoms with Crippen molar-refractivity contribution in [2.24, 2.45) is 0 Å². The Bertz CT molecular complexity index is 417. The monoisotopic (exact) mass is 426 g/mol. The van der Waals surface area contributed by atoms with E-state index in [0.29, 0.717) is 45.7 Å². The third kappa shape index (κ3) is 4.50. The molecule has 10 heteroatoms. The van der Waals surface area contributed by atoms with Crippen molar-refractivity contribution in [2.75, 3.05) is 39.6 Å². The molecular weight excluding hydrogens is 388 g/mol. The van der Waals surface area contributed by atoms with Gasteiger partial charge in [-0.3, -0.25) is 0 Å². The van der Waals surface area contributed by atoms with Crippen molar-refractivity contribution >= 4 is 23.8 Å². The zero-order valence-corrected chi connectivity index (χ0v) is 20.8. The van der Waals surface area contributed by atoms with Crippen LogP contribution in [0.15, 0.2) is 0 Å². The highest BCUT2D eigenvalue weighted by molar-refractivity contribution is 7.60. The second kappa shape index (κ2) is 10.2. The molecule has 0 bridgehead atoms. The van der Waals surface area contributed by atoms with Crippen molar-refractivity contribution in [2.45, 2.75) is 66.8 Å². The quantitative estimate of drug-likeness (QED) is 0.444. The second-order valence-corrected chi connectivity index (χ2v) is 23.7. The van der Waals surface area contributed by atoms with Crippen molar-refractivity contribution in [1.29, 1.82) is 0 Å². The molecule has 0 aromatic heterocycles. The Hall–Kier alpha value is 0.371. The molecule has 0 aromatic carbocycles. The normalized spacial score (nSPS) is 30.5. The fourth-order valence-corrected chi connectivity index (χ4v) is 32.6. The molecule has 0 aromatic rings. The lowest BCUT2D eigenvalue weighted by molar-refractivity contribution is -0.186. The number of hydrogen-bond acceptors (Lipinski definition) is 7. The first kappa shape index (κ1) is 24.4. The van der Waals surface area contributed by atoms with E-state index in [9.17, 15) is 0 Å². The Kier molecular flexibility index (Phi) is 9.61. The Morgan fingerprint density at radius 2 is 1.19 bits per heavy atom. The summed E-state index contributed by atoms with van der Waals surface area (Å²) in [6, 6.07) is 0.628. The van der Waals surface area contributed by atoms with Crippen LogP contribution in [0, 0.1) is 0 Å². The molecule has 0 saturated carbocycles. The van der Waals surface area contributed by atoms with Gasteiger partial charge in [0.15, 0.2) is 5.79 Å². The minimum Gasteiger partial charge on any atom is -0.414 e. The van der Waals surface area contributed by atoms with Crippen molar-refractivity contribution in [3.63, 3.8) is 0 Å². The van der Waals surface area contributed by atoms with E-state index in [1.54, 1.807) is 0 Å². The minimum atomic E-state index is -3.34. The van der Waals surface area contributed by atoms with E-state index in [0.717, 1.165) is 0 Å². The third-order valence-corrected chi connectivity index (χ3v) is 30.2. The van der Waals surface area contributed by atoms with Gasteiger partial charge in [0.1, 0.15) is 0 Å². The van der Waals surface area contributed by atoms with Crippen LogP contribution in [0.1, 0.15) is 48.5 Å². The van der Waals surface area contributed by atoms with Gasteiger partial charge in [0.05, 0.1) is 0 Å². The van der Waals surface area contributed by atoms with Gasteiger partial charge in [0.25, 0.3) is 7.83 Å². The van der Waals surface area contributed by atoms with Gasteiger partial charge in [-0.25, -0.2) is 0 Å².